The lowest BCUT2D eigenvalue weighted by molar-refractivity contribution is 0.425. The molecule has 2 heterocycles. The molecule has 6 heteroatoms. The summed E-state index contributed by atoms with van der Waals surface area (Å²) in [4.78, 5) is 7.87. The minimum Gasteiger partial charge on any atom is -0.493 e. The highest BCUT2D eigenvalue weighted by molar-refractivity contribution is 5.53. The summed E-state index contributed by atoms with van der Waals surface area (Å²) in [6.45, 7) is 0.762. The minimum atomic E-state index is -0.207. The Hall–Kier alpha value is -2.37. The highest BCUT2D eigenvalue weighted by atomic mass is 19.1. The van der Waals surface area contributed by atoms with Gasteiger partial charge in [0.2, 0.25) is 11.8 Å². The average Bonchev–Trinajstić information content (AvgIpc) is 2.45. The third kappa shape index (κ3) is 3.04. The van der Waals surface area contributed by atoms with Gasteiger partial charge in [-0.2, -0.15) is 9.97 Å². The van der Waals surface area contributed by atoms with Crippen LogP contribution in [0.3, 0.4) is 0 Å². The molecule has 1 atom stereocenters. The molecule has 4 N–H and O–H groups in total. The topological polar surface area (TPSA) is 84.1 Å². The van der Waals surface area contributed by atoms with Crippen molar-refractivity contribution in [3.05, 3.63) is 41.2 Å². The summed E-state index contributed by atoms with van der Waals surface area (Å²) in [5.74, 6) is 0.763. The number of hydrogen-bond donors (Lipinski definition) is 3. The predicted molar refractivity (Wildman–Crippen MR) is 78.5 cm³/mol. The zero-order valence-corrected chi connectivity index (χ0v) is 11.5. The van der Waals surface area contributed by atoms with Crippen LogP contribution in [0.4, 0.5) is 16.2 Å². The van der Waals surface area contributed by atoms with Crippen molar-refractivity contribution in [3.63, 3.8) is 0 Å². The van der Waals surface area contributed by atoms with E-state index in [1.165, 1.54) is 6.07 Å². The minimum absolute atomic E-state index is 0.0551. The van der Waals surface area contributed by atoms with E-state index in [2.05, 4.69) is 15.3 Å². The van der Waals surface area contributed by atoms with Gasteiger partial charge in [0.05, 0.1) is 5.56 Å². The Balaban J connectivity index is 1.66. The van der Waals surface area contributed by atoms with Gasteiger partial charge in [-0.1, -0.05) is 12.1 Å². The van der Waals surface area contributed by atoms with Crippen LogP contribution >= 0.6 is 0 Å². The van der Waals surface area contributed by atoms with Gasteiger partial charge in [-0.25, -0.2) is 4.39 Å². The number of nitrogens with two attached hydrogens (primary N) is 1. The first kappa shape index (κ1) is 13.6. The lowest BCUT2D eigenvalue weighted by atomic mass is 9.91. The summed E-state index contributed by atoms with van der Waals surface area (Å²) in [5.41, 5.74) is 7.20. The Bertz CT molecular complexity index is 662. The van der Waals surface area contributed by atoms with Crippen LogP contribution in [-0.2, 0) is 12.8 Å². The van der Waals surface area contributed by atoms with Crippen molar-refractivity contribution in [2.45, 2.75) is 19.3 Å². The van der Waals surface area contributed by atoms with E-state index in [0.29, 0.717) is 23.7 Å². The number of aromatic hydroxyl groups is 1. The number of rotatable bonds is 3. The van der Waals surface area contributed by atoms with Crippen molar-refractivity contribution >= 4 is 11.8 Å². The van der Waals surface area contributed by atoms with Gasteiger partial charge >= 0.3 is 0 Å². The highest BCUT2D eigenvalue weighted by Crippen LogP contribution is 2.31. The Morgan fingerprint density at radius 1 is 1.38 bits per heavy atom. The fraction of sp³-hybridized carbons (Fsp3) is 0.333. The van der Waals surface area contributed by atoms with E-state index in [4.69, 9.17) is 5.73 Å². The molecule has 5 nitrogen and oxygen atoms in total. The van der Waals surface area contributed by atoms with Crippen LogP contribution in [0.5, 0.6) is 5.88 Å². The van der Waals surface area contributed by atoms with Crippen molar-refractivity contribution in [3.8, 4) is 5.88 Å². The Morgan fingerprint density at radius 3 is 3.05 bits per heavy atom. The molecule has 21 heavy (non-hydrogen) atoms. The molecular formula is C15H17FN4O. The summed E-state index contributed by atoms with van der Waals surface area (Å²) in [6, 6.07) is 6.66. The first-order valence-corrected chi connectivity index (χ1v) is 6.95. The number of anilines is 2. The van der Waals surface area contributed by atoms with Crippen LogP contribution in [0.25, 0.3) is 0 Å². The number of halogens is 1. The van der Waals surface area contributed by atoms with Crippen LogP contribution < -0.4 is 11.1 Å². The average molecular weight is 288 g/mol. The predicted octanol–water partition coefficient (Wildman–Crippen LogP) is 2.12. The van der Waals surface area contributed by atoms with Crippen LogP contribution in [0.15, 0.2) is 24.3 Å². The lowest BCUT2D eigenvalue weighted by Gasteiger charge is -2.25. The fourth-order valence-electron chi connectivity index (χ4n) is 2.69. The largest absolute Gasteiger partial charge is 0.493 e. The van der Waals surface area contributed by atoms with Crippen molar-refractivity contribution < 1.29 is 9.50 Å². The zero-order valence-electron chi connectivity index (χ0n) is 11.5. The normalized spacial score (nSPS) is 17.1. The number of benzene rings is 1. The number of hydrogen-bond acceptors (Lipinski definition) is 5. The van der Waals surface area contributed by atoms with Gasteiger partial charge in [-0.15, -0.1) is 0 Å². The summed E-state index contributed by atoms with van der Waals surface area (Å²) in [6.07, 6.45) is 2.40. The number of nitrogens with zero attached hydrogens (tertiary/aromatic N) is 2. The molecule has 0 saturated heterocycles. The maximum absolute atomic E-state index is 13.1. The second kappa shape index (κ2) is 5.55. The van der Waals surface area contributed by atoms with E-state index in [9.17, 15) is 9.50 Å². The van der Waals surface area contributed by atoms with Crippen LogP contribution in [0.1, 0.15) is 17.5 Å². The van der Waals surface area contributed by atoms with Gasteiger partial charge < -0.3 is 16.2 Å². The summed E-state index contributed by atoms with van der Waals surface area (Å²) < 4.78 is 13.1. The summed E-state index contributed by atoms with van der Waals surface area (Å²) in [7, 11) is 0. The molecule has 0 radical (unpaired) electrons. The smallest absolute Gasteiger partial charge is 0.225 e. The van der Waals surface area contributed by atoms with E-state index in [1.54, 1.807) is 12.1 Å². The van der Waals surface area contributed by atoms with Gasteiger partial charge in [0.15, 0.2) is 0 Å². The third-order valence-electron chi connectivity index (χ3n) is 3.78. The fourth-order valence-corrected chi connectivity index (χ4v) is 2.69. The van der Waals surface area contributed by atoms with Crippen LogP contribution in [0, 0.1) is 11.7 Å². The maximum Gasteiger partial charge on any atom is 0.225 e. The molecule has 1 aromatic heterocycles. The molecule has 0 aliphatic carbocycles. The van der Waals surface area contributed by atoms with E-state index in [0.717, 1.165) is 24.9 Å². The standard InChI is InChI=1S/C15H17FN4O/c16-11-3-1-2-9(6-11)4-5-10-7-12-13(18-8-10)19-15(17)20-14(12)21/h1-3,6,10H,4-5,7-8H2,(H4,17,18,19,20,21). The molecule has 3 rings (SSSR count). The molecule has 1 aliphatic heterocycles. The molecule has 0 spiro atoms. The number of nitrogen functional groups attached to an aromatic ring is 1. The highest BCUT2D eigenvalue weighted by Gasteiger charge is 2.23. The number of aryl methyl sites for hydroxylation is 1. The van der Waals surface area contributed by atoms with E-state index in [-0.39, 0.29) is 17.6 Å². The summed E-state index contributed by atoms with van der Waals surface area (Å²) in [5, 5.41) is 13.0. The van der Waals surface area contributed by atoms with E-state index >= 15 is 0 Å². The van der Waals surface area contributed by atoms with Crippen molar-refractivity contribution in [1.82, 2.24) is 9.97 Å². The molecule has 0 bridgehead atoms. The molecule has 1 aliphatic rings. The Kier molecular flexibility index (Phi) is 3.60. The van der Waals surface area contributed by atoms with Gasteiger partial charge in [0.25, 0.3) is 0 Å². The van der Waals surface area contributed by atoms with Crippen molar-refractivity contribution in [2.24, 2.45) is 5.92 Å². The number of nitrogens with one attached hydrogen (secondary N) is 1. The van der Waals surface area contributed by atoms with Gasteiger partial charge in [-0.3, -0.25) is 0 Å². The molecule has 0 fully saturated rings. The second-order valence-corrected chi connectivity index (χ2v) is 5.35. The Morgan fingerprint density at radius 2 is 2.24 bits per heavy atom. The molecule has 2 aromatic rings. The lowest BCUT2D eigenvalue weighted by Crippen LogP contribution is -2.25. The van der Waals surface area contributed by atoms with E-state index in [1.807, 2.05) is 6.07 Å². The second-order valence-electron chi connectivity index (χ2n) is 5.35. The van der Waals surface area contributed by atoms with Gasteiger partial charge in [0.1, 0.15) is 11.6 Å². The quantitative estimate of drug-likeness (QED) is 0.805. The molecule has 0 amide bonds. The van der Waals surface area contributed by atoms with Gasteiger partial charge in [-0.05, 0) is 42.9 Å². The number of fused-ring (bicyclic) bond motifs is 1. The van der Waals surface area contributed by atoms with Gasteiger partial charge in [0, 0.05) is 6.54 Å². The first-order valence-electron chi connectivity index (χ1n) is 6.95. The molecule has 110 valence electrons. The van der Waals surface area contributed by atoms with Crippen LogP contribution in [-0.4, -0.2) is 21.6 Å². The van der Waals surface area contributed by atoms with E-state index < -0.39 is 0 Å². The molecular weight excluding hydrogens is 271 g/mol. The maximum atomic E-state index is 13.1. The van der Waals surface area contributed by atoms with Crippen molar-refractivity contribution in [2.75, 3.05) is 17.6 Å². The SMILES string of the molecule is Nc1nc(O)c2c(n1)NCC(CCc1cccc(F)c1)C2. The molecule has 0 saturated carbocycles. The zero-order chi connectivity index (χ0) is 14.8. The first-order chi connectivity index (χ1) is 10.1. The molecule has 1 unspecified atom stereocenters. The summed E-state index contributed by atoms with van der Waals surface area (Å²) >= 11 is 0. The van der Waals surface area contributed by atoms with Crippen LogP contribution in [0.2, 0.25) is 0 Å². The number of aromatic nitrogens is 2. The monoisotopic (exact) mass is 288 g/mol. The molecule has 1 aromatic carbocycles. The third-order valence-corrected chi connectivity index (χ3v) is 3.78. The Labute approximate surface area is 122 Å². The van der Waals surface area contributed by atoms with Crippen molar-refractivity contribution in [1.29, 1.82) is 0 Å².